The second-order valence-corrected chi connectivity index (χ2v) is 8.44. The monoisotopic (exact) mass is 337 g/mol. The number of amides is 2. The smallest absolute Gasteiger partial charge is 0.230 e. The van der Waals surface area contributed by atoms with Gasteiger partial charge in [-0.2, -0.15) is 0 Å². The third kappa shape index (κ3) is 3.52. The number of aromatic nitrogens is 1. The quantitative estimate of drug-likeness (QED) is 0.859. The number of hydrogen-bond acceptors (Lipinski definition) is 5. The lowest BCUT2D eigenvalue weighted by molar-refractivity contribution is -0.129. The van der Waals surface area contributed by atoms with Gasteiger partial charge in [0, 0.05) is 25.2 Å². The van der Waals surface area contributed by atoms with Gasteiger partial charge in [0.1, 0.15) is 5.82 Å². The van der Waals surface area contributed by atoms with Gasteiger partial charge in [-0.3, -0.25) is 9.59 Å². The third-order valence-corrected chi connectivity index (χ3v) is 6.10. The lowest BCUT2D eigenvalue weighted by atomic mass is 10.1. The van der Waals surface area contributed by atoms with Gasteiger partial charge in [0.15, 0.2) is 9.84 Å². The molecule has 1 aromatic rings. The lowest BCUT2D eigenvalue weighted by Crippen LogP contribution is -2.38. The number of carbonyl (C=O) groups excluding carboxylic acids is 2. The van der Waals surface area contributed by atoms with Crippen molar-refractivity contribution in [1.82, 2.24) is 9.88 Å². The molecule has 1 aromatic heterocycles. The van der Waals surface area contributed by atoms with Crippen molar-refractivity contribution < 1.29 is 18.0 Å². The number of anilines is 1. The van der Waals surface area contributed by atoms with Gasteiger partial charge in [0.25, 0.3) is 0 Å². The molecule has 2 amide bonds. The highest BCUT2D eigenvalue weighted by atomic mass is 32.2. The SMILES string of the molecule is Cc1ccnc(NC(=O)[C@H]2CC(=O)N([C@@H]3CCS(=O)(=O)C3)C2)c1. The van der Waals surface area contributed by atoms with E-state index in [0.29, 0.717) is 12.2 Å². The number of nitrogens with one attached hydrogen (secondary N) is 1. The maximum Gasteiger partial charge on any atom is 0.230 e. The molecule has 8 heteroatoms. The molecular formula is C15H19N3O4S. The highest BCUT2D eigenvalue weighted by Gasteiger charge is 2.41. The molecule has 0 aromatic carbocycles. The van der Waals surface area contributed by atoms with Gasteiger partial charge in [-0.05, 0) is 31.0 Å². The number of sulfone groups is 1. The molecule has 2 saturated heterocycles. The number of likely N-dealkylation sites (tertiary alicyclic amines) is 1. The molecule has 2 aliphatic rings. The van der Waals surface area contributed by atoms with Crippen molar-refractivity contribution >= 4 is 27.5 Å². The predicted molar refractivity (Wildman–Crippen MR) is 84.5 cm³/mol. The molecule has 0 spiro atoms. The molecule has 0 bridgehead atoms. The molecule has 0 unspecified atom stereocenters. The molecule has 2 fully saturated rings. The second kappa shape index (κ2) is 5.92. The molecule has 23 heavy (non-hydrogen) atoms. The zero-order valence-electron chi connectivity index (χ0n) is 12.9. The Balaban J connectivity index is 1.64. The van der Waals surface area contributed by atoms with Crippen molar-refractivity contribution in [2.24, 2.45) is 5.92 Å². The fourth-order valence-electron chi connectivity index (χ4n) is 3.11. The van der Waals surface area contributed by atoms with Gasteiger partial charge >= 0.3 is 0 Å². The Morgan fingerprint density at radius 1 is 1.43 bits per heavy atom. The van der Waals surface area contributed by atoms with E-state index < -0.39 is 15.8 Å². The number of nitrogens with zero attached hydrogens (tertiary/aromatic N) is 2. The van der Waals surface area contributed by atoms with E-state index in [2.05, 4.69) is 10.3 Å². The topological polar surface area (TPSA) is 96.4 Å². The van der Waals surface area contributed by atoms with Crippen molar-refractivity contribution in [1.29, 1.82) is 0 Å². The molecule has 3 heterocycles. The van der Waals surface area contributed by atoms with Crippen LogP contribution in [0.5, 0.6) is 0 Å². The van der Waals surface area contributed by atoms with E-state index in [1.807, 2.05) is 13.0 Å². The van der Waals surface area contributed by atoms with E-state index in [1.54, 1.807) is 17.2 Å². The molecule has 2 aliphatic heterocycles. The fraction of sp³-hybridized carbons (Fsp3) is 0.533. The van der Waals surface area contributed by atoms with E-state index in [9.17, 15) is 18.0 Å². The van der Waals surface area contributed by atoms with Crippen LogP contribution in [0.25, 0.3) is 0 Å². The third-order valence-electron chi connectivity index (χ3n) is 4.35. The zero-order valence-corrected chi connectivity index (χ0v) is 13.7. The molecule has 124 valence electrons. The summed E-state index contributed by atoms with van der Waals surface area (Å²) in [6.07, 6.45) is 2.19. The van der Waals surface area contributed by atoms with Gasteiger partial charge in [-0.15, -0.1) is 0 Å². The predicted octanol–water partition coefficient (Wildman–Crippen LogP) is 0.364. The molecule has 0 aliphatic carbocycles. The van der Waals surface area contributed by atoms with Crippen molar-refractivity contribution in [3.8, 4) is 0 Å². The van der Waals surface area contributed by atoms with Crippen LogP contribution in [0, 0.1) is 12.8 Å². The molecule has 1 N–H and O–H groups in total. The summed E-state index contributed by atoms with van der Waals surface area (Å²) in [5, 5.41) is 2.73. The average Bonchev–Trinajstić information content (AvgIpc) is 3.01. The van der Waals surface area contributed by atoms with Crippen molar-refractivity contribution in [2.45, 2.75) is 25.8 Å². The van der Waals surface area contributed by atoms with Crippen LogP contribution in [0.15, 0.2) is 18.3 Å². The lowest BCUT2D eigenvalue weighted by Gasteiger charge is -2.22. The molecule has 2 atom stereocenters. The highest BCUT2D eigenvalue weighted by Crippen LogP contribution is 2.26. The maximum atomic E-state index is 12.3. The van der Waals surface area contributed by atoms with Gasteiger partial charge in [-0.25, -0.2) is 13.4 Å². The number of hydrogen-bond donors (Lipinski definition) is 1. The van der Waals surface area contributed by atoms with Crippen molar-refractivity contribution in [3.63, 3.8) is 0 Å². The molecule has 7 nitrogen and oxygen atoms in total. The average molecular weight is 337 g/mol. The number of aryl methyl sites for hydroxylation is 1. The Labute approximate surface area is 135 Å². The normalized spacial score (nSPS) is 26.5. The first-order valence-electron chi connectivity index (χ1n) is 7.57. The van der Waals surface area contributed by atoms with Gasteiger partial charge in [-0.1, -0.05) is 0 Å². The first-order chi connectivity index (χ1) is 10.8. The minimum atomic E-state index is -3.05. The van der Waals surface area contributed by atoms with E-state index in [1.165, 1.54) is 0 Å². The fourth-order valence-corrected chi connectivity index (χ4v) is 4.84. The summed E-state index contributed by atoms with van der Waals surface area (Å²) in [6.45, 7) is 2.18. The molecule has 0 saturated carbocycles. The Morgan fingerprint density at radius 3 is 2.87 bits per heavy atom. The van der Waals surface area contributed by atoms with E-state index in [0.717, 1.165) is 5.56 Å². The minimum absolute atomic E-state index is 0.00646. The minimum Gasteiger partial charge on any atom is -0.338 e. The van der Waals surface area contributed by atoms with Crippen molar-refractivity contribution in [2.75, 3.05) is 23.4 Å². The van der Waals surface area contributed by atoms with Crippen LogP contribution in [0.3, 0.4) is 0 Å². The first kappa shape index (κ1) is 15.9. The van der Waals surface area contributed by atoms with Crippen molar-refractivity contribution in [3.05, 3.63) is 23.9 Å². The summed E-state index contributed by atoms with van der Waals surface area (Å²) in [5.74, 6) is -0.278. The Morgan fingerprint density at radius 2 is 2.22 bits per heavy atom. The van der Waals surface area contributed by atoms with E-state index in [4.69, 9.17) is 0 Å². The number of pyridine rings is 1. The van der Waals surface area contributed by atoms with Crippen LogP contribution < -0.4 is 5.32 Å². The van der Waals surface area contributed by atoms with E-state index in [-0.39, 0.29) is 42.3 Å². The van der Waals surface area contributed by atoms with Crippen LogP contribution in [0.1, 0.15) is 18.4 Å². The summed E-state index contributed by atoms with van der Waals surface area (Å²) < 4.78 is 23.1. The largest absolute Gasteiger partial charge is 0.338 e. The second-order valence-electron chi connectivity index (χ2n) is 6.21. The number of carbonyl (C=O) groups is 2. The Hall–Kier alpha value is -1.96. The summed E-state index contributed by atoms with van der Waals surface area (Å²) >= 11 is 0. The Bertz CT molecular complexity index is 747. The molecule has 3 rings (SSSR count). The summed E-state index contributed by atoms with van der Waals surface area (Å²) in [6, 6.07) is 3.30. The van der Waals surface area contributed by atoms with Crippen LogP contribution in [-0.4, -0.2) is 54.2 Å². The van der Waals surface area contributed by atoms with E-state index >= 15 is 0 Å². The van der Waals surface area contributed by atoms with Crippen LogP contribution in [-0.2, 0) is 19.4 Å². The van der Waals surface area contributed by atoms with Gasteiger partial charge in [0.05, 0.1) is 17.4 Å². The maximum absolute atomic E-state index is 12.3. The highest BCUT2D eigenvalue weighted by molar-refractivity contribution is 7.91. The summed E-state index contributed by atoms with van der Waals surface area (Å²) in [5.41, 5.74) is 0.982. The first-order valence-corrected chi connectivity index (χ1v) is 9.39. The molecular weight excluding hydrogens is 318 g/mol. The van der Waals surface area contributed by atoms with Gasteiger partial charge in [0.2, 0.25) is 11.8 Å². The number of rotatable bonds is 3. The van der Waals surface area contributed by atoms with Crippen LogP contribution in [0.4, 0.5) is 5.82 Å². The zero-order chi connectivity index (χ0) is 16.6. The standard InChI is InChI=1S/C15H19N3O4S/c1-10-2-4-16-13(6-10)17-15(20)11-7-14(19)18(8-11)12-3-5-23(21,22)9-12/h2,4,6,11-12H,3,5,7-9H2,1H3,(H,16,17,20)/t11-,12+/m0/s1. The Kier molecular flexibility index (Phi) is 4.09. The van der Waals surface area contributed by atoms with Crippen LogP contribution in [0.2, 0.25) is 0 Å². The summed E-state index contributed by atoms with van der Waals surface area (Å²) in [7, 11) is -3.05. The van der Waals surface area contributed by atoms with Gasteiger partial charge < -0.3 is 10.2 Å². The molecule has 0 radical (unpaired) electrons. The van der Waals surface area contributed by atoms with Crippen LogP contribution >= 0.6 is 0 Å². The summed E-state index contributed by atoms with van der Waals surface area (Å²) in [4.78, 5) is 30.1.